The number of hydrogen-bond donors (Lipinski definition) is 1. The van der Waals surface area contributed by atoms with Crippen molar-refractivity contribution in [2.24, 2.45) is 0 Å². The van der Waals surface area contributed by atoms with Crippen molar-refractivity contribution < 1.29 is 9.53 Å². The van der Waals surface area contributed by atoms with Crippen LogP contribution < -0.4 is 5.32 Å². The fourth-order valence-electron chi connectivity index (χ4n) is 2.26. The van der Waals surface area contributed by atoms with Gasteiger partial charge in [0.1, 0.15) is 6.61 Å². The summed E-state index contributed by atoms with van der Waals surface area (Å²) in [6, 6.07) is 0.402. The monoisotopic (exact) mass is 242 g/mol. The van der Waals surface area contributed by atoms with Crippen molar-refractivity contribution in [3.63, 3.8) is 0 Å². The van der Waals surface area contributed by atoms with E-state index >= 15 is 0 Å². The molecule has 1 amide bonds. The van der Waals surface area contributed by atoms with Gasteiger partial charge in [-0.15, -0.1) is 0 Å². The molecule has 100 valence electrons. The van der Waals surface area contributed by atoms with Gasteiger partial charge in [0.25, 0.3) is 0 Å². The number of likely N-dealkylation sites (tertiary alicyclic amines) is 1. The first kappa shape index (κ1) is 14.5. The molecule has 0 aromatic carbocycles. The minimum Gasteiger partial charge on any atom is -0.369 e. The van der Waals surface area contributed by atoms with E-state index in [0.29, 0.717) is 6.04 Å². The average molecular weight is 242 g/mol. The van der Waals surface area contributed by atoms with Crippen LogP contribution in [-0.4, -0.2) is 49.7 Å². The smallest absolute Gasteiger partial charge is 0.248 e. The predicted molar refractivity (Wildman–Crippen MR) is 69.0 cm³/mol. The molecule has 1 fully saturated rings. The van der Waals surface area contributed by atoms with E-state index in [-0.39, 0.29) is 18.6 Å². The highest BCUT2D eigenvalue weighted by atomic mass is 16.5. The molecule has 0 bridgehead atoms. The summed E-state index contributed by atoms with van der Waals surface area (Å²) in [4.78, 5) is 14.1. The zero-order valence-corrected chi connectivity index (χ0v) is 11.4. The Hall–Kier alpha value is -0.610. The Labute approximate surface area is 105 Å². The fraction of sp³-hybridized carbons (Fsp3) is 0.923. The molecular weight excluding hydrogens is 216 g/mol. The summed E-state index contributed by atoms with van der Waals surface area (Å²) < 4.78 is 5.40. The van der Waals surface area contributed by atoms with Gasteiger partial charge in [-0.1, -0.05) is 0 Å². The highest BCUT2D eigenvalue weighted by molar-refractivity contribution is 5.77. The van der Waals surface area contributed by atoms with Crippen molar-refractivity contribution in [1.29, 1.82) is 0 Å². The molecule has 0 aliphatic carbocycles. The molecule has 1 aliphatic rings. The number of hydrogen-bond acceptors (Lipinski definition) is 3. The molecule has 0 spiro atoms. The van der Waals surface area contributed by atoms with Crippen molar-refractivity contribution in [2.75, 3.05) is 26.7 Å². The summed E-state index contributed by atoms with van der Waals surface area (Å²) in [5.41, 5.74) is 0. The minimum absolute atomic E-state index is 0.125. The van der Waals surface area contributed by atoms with E-state index in [9.17, 15) is 4.79 Å². The first-order valence-corrected chi connectivity index (χ1v) is 6.70. The van der Waals surface area contributed by atoms with Gasteiger partial charge < -0.3 is 15.0 Å². The molecule has 1 aliphatic heterocycles. The Balaban J connectivity index is 2.42. The second-order valence-corrected chi connectivity index (χ2v) is 4.99. The van der Waals surface area contributed by atoms with Gasteiger partial charge >= 0.3 is 0 Å². The number of piperidine rings is 1. The number of nitrogens with one attached hydrogen (secondary N) is 1. The van der Waals surface area contributed by atoms with Crippen molar-refractivity contribution in [1.82, 2.24) is 10.2 Å². The van der Waals surface area contributed by atoms with Crippen molar-refractivity contribution in [3.8, 4) is 0 Å². The van der Waals surface area contributed by atoms with E-state index < -0.39 is 0 Å². The summed E-state index contributed by atoms with van der Waals surface area (Å²) in [5, 5.41) is 3.16. The van der Waals surface area contributed by atoms with Gasteiger partial charge in [-0.2, -0.15) is 0 Å². The first-order valence-electron chi connectivity index (χ1n) is 6.70. The van der Waals surface area contributed by atoms with Crippen LogP contribution in [0.25, 0.3) is 0 Å². The number of rotatable bonds is 6. The van der Waals surface area contributed by atoms with E-state index in [1.54, 1.807) is 0 Å². The second-order valence-electron chi connectivity index (χ2n) is 4.99. The van der Waals surface area contributed by atoms with Crippen LogP contribution in [0, 0.1) is 0 Å². The first-order chi connectivity index (χ1) is 8.15. The molecular formula is C13H26N2O2. The third-order valence-electron chi connectivity index (χ3n) is 3.22. The van der Waals surface area contributed by atoms with Crippen LogP contribution in [0.15, 0.2) is 0 Å². The van der Waals surface area contributed by atoms with E-state index in [1.807, 2.05) is 25.8 Å². The van der Waals surface area contributed by atoms with Crippen LogP contribution in [0.5, 0.6) is 0 Å². The Morgan fingerprint density at radius 2 is 2.24 bits per heavy atom. The Bertz CT molecular complexity index is 231. The Morgan fingerprint density at radius 3 is 2.88 bits per heavy atom. The minimum atomic E-state index is 0.125. The van der Waals surface area contributed by atoms with Gasteiger partial charge in [-0.05, 0) is 53.1 Å². The maximum Gasteiger partial charge on any atom is 0.248 e. The number of amides is 1. The molecule has 1 atom stereocenters. The van der Waals surface area contributed by atoms with Gasteiger partial charge in [0.15, 0.2) is 0 Å². The van der Waals surface area contributed by atoms with Gasteiger partial charge in [0.2, 0.25) is 5.91 Å². The molecule has 17 heavy (non-hydrogen) atoms. The van der Waals surface area contributed by atoms with Crippen LogP contribution in [-0.2, 0) is 9.53 Å². The Morgan fingerprint density at radius 1 is 1.47 bits per heavy atom. The molecule has 4 nitrogen and oxygen atoms in total. The highest BCUT2D eigenvalue weighted by Crippen LogP contribution is 2.19. The van der Waals surface area contributed by atoms with Crippen molar-refractivity contribution in [3.05, 3.63) is 0 Å². The fourth-order valence-corrected chi connectivity index (χ4v) is 2.26. The van der Waals surface area contributed by atoms with E-state index in [4.69, 9.17) is 4.74 Å². The maximum absolute atomic E-state index is 12.1. The standard InChI is InChI=1S/C13H26N2O2/c1-11(2)17-10-13(16)15-9-5-4-6-12(15)7-8-14-3/h11-12,14H,4-10H2,1-3H3. The zero-order valence-electron chi connectivity index (χ0n) is 11.4. The number of ether oxygens (including phenoxy) is 1. The molecule has 1 saturated heterocycles. The SMILES string of the molecule is CNCCC1CCCCN1C(=O)COC(C)C. The van der Waals surface area contributed by atoms with Crippen LogP contribution >= 0.6 is 0 Å². The van der Waals surface area contributed by atoms with Crippen LogP contribution in [0.3, 0.4) is 0 Å². The predicted octanol–water partition coefficient (Wildman–Crippen LogP) is 1.40. The van der Waals surface area contributed by atoms with Crippen LogP contribution in [0.1, 0.15) is 39.5 Å². The largest absolute Gasteiger partial charge is 0.369 e. The van der Waals surface area contributed by atoms with E-state index in [0.717, 1.165) is 32.4 Å². The maximum atomic E-state index is 12.1. The summed E-state index contributed by atoms with van der Waals surface area (Å²) in [6.45, 7) is 6.02. The third kappa shape index (κ3) is 5.04. The van der Waals surface area contributed by atoms with Gasteiger partial charge in [0.05, 0.1) is 6.10 Å². The molecule has 0 saturated carbocycles. The third-order valence-corrected chi connectivity index (χ3v) is 3.22. The lowest BCUT2D eigenvalue weighted by Crippen LogP contribution is -2.46. The lowest BCUT2D eigenvalue weighted by Gasteiger charge is -2.36. The van der Waals surface area contributed by atoms with Crippen molar-refractivity contribution in [2.45, 2.75) is 51.7 Å². The van der Waals surface area contributed by atoms with E-state index in [1.165, 1.54) is 6.42 Å². The molecule has 0 radical (unpaired) electrons. The zero-order chi connectivity index (χ0) is 12.7. The summed E-state index contributed by atoms with van der Waals surface area (Å²) in [6.07, 6.45) is 4.67. The molecule has 4 heteroatoms. The molecule has 1 heterocycles. The Kier molecular flexibility index (Phi) is 6.52. The quantitative estimate of drug-likeness (QED) is 0.765. The van der Waals surface area contributed by atoms with Gasteiger partial charge in [0, 0.05) is 12.6 Å². The lowest BCUT2D eigenvalue weighted by atomic mass is 9.99. The molecule has 1 rings (SSSR count). The van der Waals surface area contributed by atoms with Gasteiger partial charge in [-0.3, -0.25) is 4.79 Å². The van der Waals surface area contributed by atoms with Crippen LogP contribution in [0.2, 0.25) is 0 Å². The summed E-state index contributed by atoms with van der Waals surface area (Å²) in [7, 11) is 1.96. The summed E-state index contributed by atoms with van der Waals surface area (Å²) >= 11 is 0. The number of nitrogens with zero attached hydrogens (tertiary/aromatic N) is 1. The molecule has 0 aromatic rings. The van der Waals surface area contributed by atoms with Crippen LogP contribution in [0.4, 0.5) is 0 Å². The number of carbonyl (C=O) groups is 1. The van der Waals surface area contributed by atoms with E-state index in [2.05, 4.69) is 5.32 Å². The molecule has 1 N–H and O–H groups in total. The lowest BCUT2D eigenvalue weighted by molar-refractivity contribution is -0.141. The average Bonchev–Trinajstić information content (AvgIpc) is 2.33. The van der Waals surface area contributed by atoms with Crippen molar-refractivity contribution >= 4 is 5.91 Å². The number of carbonyl (C=O) groups excluding carboxylic acids is 1. The second kappa shape index (κ2) is 7.67. The molecule has 0 aromatic heterocycles. The summed E-state index contributed by atoms with van der Waals surface area (Å²) in [5.74, 6) is 0.152. The van der Waals surface area contributed by atoms with Gasteiger partial charge in [-0.25, -0.2) is 0 Å². The topological polar surface area (TPSA) is 41.6 Å². The normalized spacial score (nSPS) is 20.9. The molecule has 1 unspecified atom stereocenters. The highest BCUT2D eigenvalue weighted by Gasteiger charge is 2.26.